The molecule has 3 heterocycles. The van der Waals surface area contributed by atoms with Crippen molar-refractivity contribution in [3.8, 4) is 50.7 Å². The Balaban J connectivity index is 1.10. The van der Waals surface area contributed by atoms with Gasteiger partial charge in [0, 0.05) is 43.9 Å². The molecular formula is C46H29N3O. The average Bonchev–Trinajstić information content (AvgIpc) is 3.74. The van der Waals surface area contributed by atoms with E-state index in [0.717, 1.165) is 55.7 Å². The SMILES string of the molecule is c1ccc(-c2ccc(-c3cc(-c4ccc5c(c4)oc4ccccc45)nc(-c4ccc(-n5c6ccccc6c6ccccc65)cc4)n3)cc2)cc1. The highest BCUT2D eigenvalue weighted by molar-refractivity contribution is 6.09. The third kappa shape index (κ3) is 4.69. The lowest BCUT2D eigenvalue weighted by molar-refractivity contribution is 0.669. The monoisotopic (exact) mass is 639 g/mol. The fraction of sp³-hybridized carbons (Fsp3) is 0. The molecule has 0 radical (unpaired) electrons. The quantitative estimate of drug-likeness (QED) is 0.188. The molecule has 0 amide bonds. The Morgan fingerprint density at radius 2 is 0.880 bits per heavy atom. The van der Waals surface area contributed by atoms with Crippen molar-refractivity contribution in [3.05, 3.63) is 176 Å². The van der Waals surface area contributed by atoms with Crippen LogP contribution in [-0.2, 0) is 0 Å². The molecule has 0 aliphatic rings. The first-order chi connectivity index (χ1) is 24.8. The van der Waals surface area contributed by atoms with Crippen molar-refractivity contribution in [2.75, 3.05) is 0 Å². The van der Waals surface area contributed by atoms with Crippen molar-refractivity contribution in [2.45, 2.75) is 0 Å². The molecule has 4 nitrogen and oxygen atoms in total. The normalized spacial score (nSPS) is 11.6. The molecule has 0 fully saturated rings. The van der Waals surface area contributed by atoms with Crippen molar-refractivity contribution < 1.29 is 4.42 Å². The summed E-state index contributed by atoms with van der Waals surface area (Å²) >= 11 is 0. The number of para-hydroxylation sites is 3. The van der Waals surface area contributed by atoms with Crippen LogP contribution in [-0.4, -0.2) is 14.5 Å². The van der Waals surface area contributed by atoms with Crippen LogP contribution in [0.15, 0.2) is 180 Å². The Kier molecular flexibility index (Phi) is 6.46. The zero-order chi connectivity index (χ0) is 33.0. The van der Waals surface area contributed by atoms with Gasteiger partial charge in [0.2, 0.25) is 0 Å². The van der Waals surface area contributed by atoms with Crippen molar-refractivity contribution in [1.82, 2.24) is 14.5 Å². The second-order valence-corrected chi connectivity index (χ2v) is 12.6. The van der Waals surface area contributed by atoms with Gasteiger partial charge in [0.1, 0.15) is 11.2 Å². The molecule has 0 N–H and O–H groups in total. The predicted molar refractivity (Wildman–Crippen MR) is 205 cm³/mol. The number of hydrogen-bond acceptors (Lipinski definition) is 3. The molecule has 0 aliphatic heterocycles. The van der Waals surface area contributed by atoms with E-state index in [1.54, 1.807) is 0 Å². The van der Waals surface area contributed by atoms with Crippen LogP contribution in [0.4, 0.5) is 0 Å². The summed E-state index contributed by atoms with van der Waals surface area (Å²) in [6.45, 7) is 0. The van der Waals surface area contributed by atoms with Crippen LogP contribution in [0.25, 0.3) is 94.5 Å². The zero-order valence-corrected chi connectivity index (χ0v) is 27.0. The number of aromatic nitrogens is 3. The molecule has 7 aromatic carbocycles. The highest BCUT2D eigenvalue weighted by atomic mass is 16.3. The number of rotatable bonds is 5. The number of fused-ring (bicyclic) bond motifs is 6. The first-order valence-electron chi connectivity index (χ1n) is 16.8. The molecule has 0 atom stereocenters. The van der Waals surface area contributed by atoms with Gasteiger partial charge in [-0.3, -0.25) is 0 Å². The third-order valence-electron chi connectivity index (χ3n) is 9.65. The van der Waals surface area contributed by atoms with E-state index in [9.17, 15) is 0 Å². The summed E-state index contributed by atoms with van der Waals surface area (Å²) in [6.07, 6.45) is 0. The van der Waals surface area contributed by atoms with Gasteiger partial charge in [-0.1, -0.05) is 115 Å². The Morgan fingerprint density at radius 3 is 1.60 bits per heavy atom. The average molecular weight is 640 g/mol. The van der Waals surface area contributed by atoms with Crippen LogP contribution in [0, 0.1) is 0 Å². The van der Waals surface area contributed by atoms with Gasteiger partial charge in [0.25, 0.3) is 0 Å². The molecule has 10 aromatic rings. The van der Waals surface area contributed by atoms with Gasteiger partial charge in [-0.05, 0) is 71.8 Å². The summed E-state index contributed by atoms with van der Waals surface area (Å²) in [5, 5.41) is 4.69. The van der Waals surface area contributed by atoms with Gasteiger partial charge in [-0.15, -0.1) is 0 Å². The molecule has 0 saturated heterocycles. The van der Waals surface area contributed by atoms with Gasteiger partial charge < -0.3 is 8.98 Å². The minimum absolute atomic E-state index is 0.670. The van der Waals surface area contributed by atoms with Crippen LogP contribution < -0.4 is 0 Å². The number of benzene rings is 7. The summed E-state index contributed by atoms with van der Waals surface area (Å²) in [7, 11) is 0. The van der Waals surface area contributed by atoms with Crippen LogP contribution >= 0.6 is 0 Å². The van der Waals surface area contributed by atoms with Crippen molar-refractivity contribution in [3.63, 3.8) is 0 Å². The maximum atomic E-state index is 6.26. The molecule has 0 aliphatic carbocycles. The number of furan rings is 1. The minimum atomic E-state index is 0.670. The summed E-state index contributed by atoms with van der Waals surface area (Å²) in [4.78, 5) is 10.3. The Bertz CT molecular complexity index is 2790. The molecule has 0 saturated carbocycles. The first kappa shape index (κ1) is 28.3. The van der Waals surface area contributed by atoms with E-state index >= 15 is 0 Å². The molecule has 0 spiro atoms. The highest BCUT2D eigenvalue weighted by Crippen LogP contribution is 2.35. The van der Waals surface area contributed by atoms with Crippen LogP contribution in [0.1, 0.15) is 0 Å². The van der Waals surface area contributed by atoms with Gasteiger partial charge in [-0.2, -0.15) is 0 Å². The number of hydrogen-bond donors (Lipinski definition) is 0. The second kappa shape index (κ2) is 11.4. The fourth-order valence-electron chi connectivity index (χ4n) is 7.18. The zero-order valence-electron chi connectivity index (χ0n) is 27.0. The summed E-state index contributed by atoms with van der Waals surface area (Å²) in [5.41, 5.74) is 12.2. The third-order valence-corrected chi connectivity index (χ3v) is 9.65. The van der Waals surface area contributed by atoms with E-state index < -0.39 is 0 Å². The van der Waals surface area contributed by atoms with Gasteiger partial charge in [0.15, 0.2) is 5.82 Å². The van der Waals surface area contributed by atoms with Gasteiger partial charge >= 0.3 is 0 Å². The van der Waals surface area contributed by atoms with Crippen LogP contribution in [0.3, 0.4) is 0 Å². The fourth-order valence-corrected chi connectivity index (χ4v) is 7.18. The molecular weight excluding hydrogens is 611 g/mol. The topological polar surface area (TPSA) is 43.9 Å². The van der Waals surface area contributed by atoms with E-state index in [1.165, 1.54) is 32.9 Å². The second-order valence-electron chi connectivity index (χ2n) is 12.6. The van der Waals surface area contributed by atoms with Gasteiger partial charge in [0.05, 0.1) is 22.4 Å². The van der Waals surface area contributed by atoms with E-state index in [2.05, 4.69) is 156 Å². The molecule has 0 unspecified atom stereocenters. The van der Waals surface area contributed by atoms with E-state index in [4.69, 9.17) is 14.4 Å². The predicted octanol–water partition coefficient (Wildman–Crippen LogP) is 12.1. The molecule has 50 heavy (non-hydrogen) atoms. The lowest BCUT2D eigenvalue weighted by Gasteiger charge is -2.12. The molecule has 0 bridgehead atoms. The summed E-state index contributed by atoms with van der Waals surface area (Å²) in [6, 6.07) is 61.4. The van der Waals surface area contributed by atoms with Crippen LogP contribution in [0.5, 0.6) is 0 Å². The summed E-state index contributed by atoms with van der Waals surface area (Å²) in [5.74, 6) is 0.670. The van der Waals surface area contributed by atoms with Crippen molar-refractivity contribution >= 4 is 43.7 Å². The Hall–Kier alpha value is -6.78. The lowest BCUT2D eigenvalue weighted by Crippen LogP contribution is -1.97. The van der Waals surface area contributed by atoms with E-state index in [1.807, 2.05) is 24.3 Å². The molecule has 234 valence electrons. The summed E-state index contributed by atoms with van der Waals surface area (Å²) < 4.78 is 8.59. The first-order valence-corrected chi connectivity index (χ1v) is 16.8. The Labute approximate surface area is 288 Å². The maximum absolute atomic E-state index is 6.26. The smallest absolute Gasteiger partial charge is 0.160 e. The lowest BCUT2D eigenvalue weighted by atomic mass is 10.0. The molecule has 4 heteroatoms. The number of nitrogens with zero attached hydrogens (tertiary/aromatic N) is 3. The molecule has 3 aromatic heterocycles. The highest BCUT2D eigenvalue weighted by Gasteiger charge is 2.15. The molecule has 10 rings (SSSR count). The van der Waals surface area contributed by atoms with Gasteiger partial charge in [-0.25, -0.2) is 9.97 Å². The Morgan fingerprint density at radius 1 is 0.360 bits per heavy atom. The van der Waals surface area contributed by atoms with Crippen LogP contribution in [0.2, 0.25) is 0 Å². The van der Waals surface area contributed by atoms with Crippen molar-refractivity contribution in [2.24, 2.45) is 0 Å². The van der Waals surface area contributed by atoms with E-state index in [0.29, 0.717) is 5.82 Å². The minimum Gasteiger partial charge on any atom is -0.456 e. The van der Waals surface area contributed by atoms with Crippen molar-refractivity contribution in [1.29, 1.82) is 0 Å². The maximum Gasteiger partial charge on any atom is 0.160 e. The standard InChI is InChI=1S/C46H29N3O/c1-2-10-30(11-3-1)31-18-20-32(21-19-31)40-29-41(34-24-27-39-38-14-6-9-17-44(38)50-45(39)28-34)48-46(47-40)33-22-25-35(26-23-33)49-42-15-7-4-12-36(42)37-13-5-8-16-43(37)49/h1-29H. The largest absolute Gasteiger partial charge is 0.456 e. The van der Waals surface area contributed by atoms with E-state index in [-0.39, 0.29) is 0 Å².